The molecule has 2 aromatic rings. The molecule has 0 saturated heterocycles. The van der Waals surface area contributed by atoms with E-state index in [9.17, 15) is 5.11 Å². The van der Waals surface area contributed by atoms with Crippen LogP contribution in [0.25, 0.3) is 4.98 Å². The number of aliphatic imine (C=N–C) groups is 1. The van der Waals surface area contributed by atoms with Crippen LogP contribution >= 0.6 is 0 Å². The fraction of sp³-hybridized carbons (Fsp3) is 0.231. The van der Waals surface area contributed by atoms with Crippen LogP contribution in [0, 0.1) is 19.2 Å². The Morgan fingerprint density at radius 2 is 1.95 bits per heavy atom. The van der Waals surface area contributed by atoms with Gasteiger partial charge in [-0.1, -0.05) is 29.8 Å². The van der Waals surface area contributed by atoms with Crippen LogP contribution in [0.2, 0.25) is 0 Å². The number of hydrogen-bond acceptors (Lipinski definition) is 4. The highest BCUT2D eigenvalue weighted by molar-refractivity contribution is 5.93. The van der Waals surface area contributed by atoms with Gasteiger partial charge in [0, 0.05) is 7.05 Å². The molecule has 96 valence electrons. The first-order chi connectivity index (χ1) is 9.02. The molecule has 19 heavy (non-hydrogen) atoms. The van der Waals surface area contributed by atoms with Crippen molar-refractivity contribution in [3.8, 4) is 0 Å². The third-order valence-electron chi connectivity index (χ3n) is 2.77. The fourth-order valence-corrected chi connectivity index (χ4v) is 1.73. The minimum Gasteiger partial charge on any atom is -0.858 e. The second-order valence-electron chi connectivity index (χ2n) is 4.26. The van der Waals surface area contributed by atoms with Crippen molar-refractivity contribution in [1.29, 1.82) is 5.39 Å². The Morgan fingerprint density at radius 1 is 1.32 bits per heavy atom. The van der Waals surface area contributed by atoms with Crippen molar-refractivity contribution in [2.45, 2.75) is 13.8 Å². The van der Waals surface area contributed by atoms with E-state index in [0.29, 0.717) is 11.3 Å². The molecule has 1 heterocycles. The van der Waals surface area contributed by atoms with Crippen molar-refractivity contribution in [3.63, 3.8) is 0 Å². The van der Waals surface area contributed by atoms with Gasteiger partial charge in [0.15, 0.2) is 10.7 Å². The van der Waals surface area contributed by atoms with Gasteiger partial charge >= 0.3 is 5.69 Å². The number of nitrogens with zero attached hydrogens (tertiary/aromatic N) is 5. The van der Waals surface area contributed by atoms with E-state index in [0.717, 1.165) is 5.56 Å². The Kier molecular flexibility index (Phi) is 3.29. The maximum atomic E-state index is 12.0. The number of aromatic nitrogens is 2. The van der Waals surface area contributed by atoms with Gasteiger partial charge < -0.3 is 5.11 Å². The van der Waals surface area contributed by atoms with Gasteiger partial charge in [-0.15, -0.1) is 0 Å². The summed E-state index contributed by atoms with van der Waals surface area (Å²) >= 11 is 0. The van der Waals surface area contributed by atoms with E-state index >= 15 is 0 Å². The summed E-state index contributed by atoms with van der Waals surface area (Å²) in [7, 11) is 1.64. The highest BCUT2D eigenvalue weighted by Crippen LogP contribution is 2.30. The Morgan fingerprint density at radius 3 is 2.53 bits per heavy atom. The molecule has 0 saturated carbocycles. The molecular weight excluding hydrogens is 242 g/mol. The second kappa shape index (κ2) is 4.90. The van der Waals surface area contributed by atoms with Crippen molar-refractivity contribution in [2.75, 3.05) is 0 Å². The normalized spacial score (nSPS) is 11.4. The first-order valence-electron chi connectivity index (χ1n) is 5.74. The van der Waals surface area contributed by atoms with Crippen molar-refractivity contribution >= 4 is 17.4 Å². The van der Waals surface area contributed by atoms with Gasteiger partial charge in [-0.05, 0) is 25.3 Å². The van der Waals surface area contributed by atoms with Gasteiger partial charge in [-0.2, -0.15) is 5.10 Å². The lowest BCUT2D eigenvalue weighted by Gasteiger charge is -2.10. The summed E-state index contributed by atoms with van der Waals surface area (Å²) in [5.74, 6) is -0.154. The highest BCUT2D eigenvalue weighted by atomic mass is 16.3. The lowest BCUT2D eigenvalue weighted by atomic mass is 10.1. The summed E-state index contributed by atoms with van der Waals surface area (Å²) < 4.78 is 1.41. The van der Waals surface area contributed by atoms with Crippen LogP contribution < -0.4 is 5.11 Å². The molecule has 0 atom stereocenters. The molecule has 0 N–H and O–H groups in total. The second-order valence-corrected chi connectivity index (χ2v) is 4.26. The molecule has 0 aliphatic carbocycles. The number of aryl methyl sites for hydroxylation is 3. The third-order valence-corrected chi connectivity index (χ3v) is 2.77. The molecular formula is C13H13N5O. The zero-order valence-corrected chi connectivity index (χ0v) is 11.0. The van der Waals surface area contributed by atoms with E-state index < -0.39 is 5.90 Å². The van der Waals surface area contributed by atoms with Crippen LogP contribution in [0.3, 0.4) is 0 Å². The van der Waals surface area contributed by atoms with E-state index in [2.05, 4.69) is 15.1 Å². The zero-order valence-electron chi connectivity index (χ0n) is 11.0. The first kappa shape index (κ1) is 12.8. The number of benzene rings is 1. The van der Waals surface area contributed by atoms with E-state index in [-0.39, 0.29) is 11.5 Å². The largest absolute Gasteiger partial charge is 0.858 e. The quantitative estimate of drug-likeness (QED) is 0.467. The van der Waals surface area contributed by atoms with Crippen molar-refractivity contribution in [1.82, 2.24) is 9.78 Å². The molecule has 0 aliphatic heterocycles. The van der Waals surface area contributed by atoms with Crippen LogP contribution in [0.15, 0.2) is 29.3 Å². The van der Waals surface area contributed by atoms with Crippen LogP contribution in [-0.4, -0.2) is 15.7 Å². The predicted molar refractivity (Wildman–Crippen MR) is 70.1 cm³/mol. The molecule has 0 radical (unpaired) electrons. The molecule has 6 heteroatoms. The van der Waals surface area contributed by atoms with E-state index in [1.165, 1.54) is 4.68 Å². The predicted octanol–water partition coefficient (Wildman–Crippen LogP) is 1.96. The Labute approximate surface area is 110 Å². The van der Waals surface area contributed by atoms with Gasteiger partial charge in [0.05, 0.1) is 0 Å². The van der Waals surface area contributed by atoms with Gasteiger partial charge in [0.2, 0.25) is 11.2 Å². The fourth-order valence-electron chi connectivity index (χ4n) is 1.73. The summed E-state index contributed by atoms with van der Waals surface area (Å²) in [4.78, 5) is 7.08. The van der Waals surface area contributed by atoms with Gasteiger partial charge in [-0.3, -0.25) is 0 Å². The molecule has 0 aliphatic rings. The molecule has 0 fully saturated rings. The molecule has 2 rings (SSSR count). The monoisotopic (exact) mass is 255 g/mol. The lowest BCUT2D eigenvalue weighted by Crippen LogP contribution is -2.18. The van der Waals surface area contributed by atoms with Crippen molar-refractivity contribution in [2.24, 2.45) is 12.0 Å². The van der Waals surface area contributed by atoms with Crippen LogP contribution in [0.5, 0.6) is 0 Å². The molecule has 6 nitrogen and oxygen atoms in total. The summed E-state index contributed by atoms with van der Waals surface area (Å²) in [5.41, 5.74) is 2.27. The summed E-state index contributed by atoms with van der Waals surface area (Å²) in [6.45, 7) is 3.63. The minimum absolute atomic E-state index is 0.211. The maximum Gasteiger partial charge on any atom is 0.451 e. The number of rotatable bonds is 2. The minimum atomic E-state index is -0.395. The molecule has 0 amide bonds. The van der Waals surface area contributed by atoms with Gasteiger partial charge in [-0.25, -0.2) is 9.67 Å². The van der Waals surface area contributed by atoms with Crippen LogP contribution in [0.4, 0.5) is 11.5 Å². The van der Waals surface area contributed by atoms with E-state index in [1.54, 1.807) is 26.1 Å². The van der Waals surface area contributed by atoms with Crippen molar-refractivity contribution < 1.29 is 5.11 Å². The van der Waals surface area contributed by atoms with E-state index in [4.69, 9.17) is 5.39 Å². The average Bonchev–Trinajstić information content (AvgIpc) is 2.64. The van der Waals surface area contributed by atoms with E-state index in [1.807, 2.05) is 19.1 Å². The molecule has 0 spiro atoms. The van der Waals surface area contributed by atoms with Gasteiger partial charge in [0.1, 0.15) is 0 Å². The molecule has 0 bridgehead atoms. The molecule has 0 unspecified atom stereocenters. The van der Waals surface area contributed by atoms with Crippen LogP contribution in [-0.2, 0) is 7.05 Å². The standard InChI is InChI=1S/C13H13N5O/c1-8-4-6-10(7-5-8)13(19)15-12-11(16-14)9(2)17-18(12)3/h4-7H,1-3H3. The van der Waals surface area contributed by atoms with Gasteiger partial charge in [0.25, 0.3) is 0 Å². The molecule has 1 aromatic heterocycles. The SMILES string of the molecule is Cc1ccc(C([O-])=Nc2c([N+]#N)c(C)nn2C)cc1. The number of diazo groups is 1. The summed E-state index contributed by atoms with van der Waals surface area (Å²) in [6.07, 6.45) is 0. The smallest absolute Gasteiger partial charge is 0.451 e. The topological polar surface area (TPSA) is 81.4 Å². The lowest BCUT2D eigenvalue weighted by molar-refractivity contribution is -0.212. The summed E-state index contributed by atoms with van der Waals surface area (Å²) in [6, 6.07) is 7.10. The average molecular weight is 255 g/mol. The zero-order chi connectivity index (χ0) is 14.0. The summed E-state index contributed by atoms with van der Waals surface area (Å²) in [5, 5.41) is 25.0. The van der Waals surface area contributed by atoms with Crippen molar-refractivity contribution in [3.05, 3.63) is 46.1 Å². The number of hydrogen-bond donors (Lipinski definition) is 0. The Hall–Kier alpha value is -2.68. The maximum absolute atomic E-state index is 12.0. The molecule has 1 aromatic carbocycles. The first-order valence-corrected chi connectivity index (χ1v) is 5.74. The Bertz CT molecular complexity index is 676. The van der Waals surface area contributed by atoms with Crippen LogP contribution in [0.1, 0.15) is 16.8 Å². The Balaban J connectivity index is 2.47. The highest BCUT2D eigenvalue weighted by Gasteiger charge is 2.23. The third kappa shape index (κ3) is 2.45.